The molecule has 2 aliphatic carbocycles. The van der Waals surface area contributed by atoms with E-state index in [4.69, 9.17) is 4.74 Å². The van der Waals surface area contributed by atoms with Crippen molar-refractivity contribution in [2.45, 2.75) is 50.4 Å². The van der Waals surface area contributed by atoms with E-state index in [0.29, 0.717) is 17.8 Å². The molecule has 0 aromatic heterocycles. The number of carbonyl (C=O) groups is 1. The van der Waals surface area contributed by atoms with Crippen LogP contribution in [0.2, 0.25) is 0 Å². The molecule has 1 fully saturated rings. The Morgan fingerprint density at radius 1 is 1.26 bits per heavy atom. The number of aryl methyl sites for hydroxylation is 1. The van der Waals surface area contributed by atoms with Crippen molar-refractivity contribution in [2.24, 2.45) is 5.92 Å². The zero-order valence-electron chi connectivity index (χ0n) is 11.7. The lowest BCUT2D eigenvalue weighted by Gasteiger charge is -2.38. The summed E-state index contributed by atoms with van der Waals surface area (Å²) in [6, 6.07) is 8.93. The Labute approximate surface area is 115 Å². The average Bonchev–Trinajstić information content (AvgIpc) is 2.81. The van der Waals surface area contributed by atoms with E-state index in [-0.39, 0.29) is 5.97 Å². The molecule has 102 valence electrons. The predicted octanol–water partition coefficient (Wildman–Crippen LogP) is 3.62. The highest BCUT2D eigenvalue weighted by atomic mass is 16.5. The van der Waals surface area contributed by atoms with Gasteiger partial charge >= 0.3 is 5.97 Å². The minimum atomic E-state index is -0.0484. The highest BCUT2D eigenvalue weighted by Gasteiger charge is 2.41. The number of ether oxygens (including phenoxy) is 1. The maximum absolute atomic E-state index is 11.4. The third-order valence-corrected chi connectivity index (χ3v) is 5.21. The molecule has 0 bridgehead atoms. The number of rotatable bonds is 2. The molecule has 0 unspecified atom stereocenters. The van der Waals surface area contributed by atoms with Crippen molar-refractivity contribution in [3.8, 4) is 0 Å². The summed E-state index contributed by atoms with van der Waals surface area (Å²) in [4.78, 5) is 11.4. The maximum Gasteiger partial charge on any atom is 0.305 e. The highest BCUT2D eigenvalue weighted by Crippen LogP contribution is 2.50. The second-order valence-electron chi connectivity index (χ2n) is 6.16. The van der Waals surface area contributed by atoms with Crippen molar-refractivity contribution in [2.75, 3.05) is 7.11 Å². The normalized spacial score (nSPS) is 29.2. The number of carbonyl (C=O) groups excluding carboxylic acids is 1. The summed E-state index contributed by atoms with van der Waals surface area (Å²) < 4.78 is 4.79. The van der Waals surface area contributed by atoms with Gasteiger partial charge in [0.2, 0.25) is 0 Å². The van der Waals surface area contributed by atoms with Gasteiger partial charge in [-0.15, -0.1) is 0 Å². The fraction of sp³-hybridized carbons (Fsp3) is 0.588. The molecule has 0 atom stereocenters. The van der Waals surface area contributed by atoms with Crippen LogP contribution in [0.3, 0.4) is 0 Å². The largest absolute Gasteiger partial charge is 0.469 e. The third kappa shape index (κ3) is 2.29. The fourth-order valence-corrected chi connectivity index (χ4v) is 4.04. The van der Waals surface area contributed by atoms with Crippen LogP contribution < -0.4 is 0 Å². The number of hydrogen-bond acceptors (Lipinski definition) is 2. The Morgan fingerprint density at radius 3 is 2.74 bits per heavy atom. The molecule has 1 saturated carbocycles. The molecule has 2 heteroatoms. The molecule has 2 aliphatic rings. The van der Waals surface area contributed by atoms with E-state index in [1.54, 1.807) is 11.1 Å². The average molecular weight is 258 g/mol. The number of hydrogen-bond donors (Lipinski definition) is 0. The number of methoxy groups -OCH3 is 1. The van der Waals surface area contributed by atoms with Gasteiger partial charge in [0, 0.05) is 6.42 Å². The van der Waals surface area contributed by atoms with Gasteiger partial charge in [0.1, 0.15) is 0 Å². The van der Waals surface area contributed by atoms with Gasteiger partial charge in [0.15, 0.2) is 0 Å². The van der Waals surface area contributed by atoms with Crippen LogP contribution in [0.15, 0.2) is 24.3 Å². The molecule has 0 amide bonds. The lowest BCUT2D eigenvalue weighted by molar-refractivity contribution is -0.142. The SMILES string of the molecule is COC(=O)CC1CCC2(CCc3ccccc32)CC1. The molecule has 2 nitrogen and oxygen atoms in total. The molecule has 1 aromatic carbocycles. The Balaban J connectivity index is 1.69. The Bertz CT molecular complexity index is 470. The molecule has 0 saturated heterocycles. The van der Waals surface area contributed by atoms with Gasteiger partial charge in [-0.05, 0) is 61.0 Å². The van der Waals surface area contributed by atoms with Crippen molar-refractivity contribution in [3.63, 3.8) is 0 Å². The monoisotopic (exact) mass is 258 g/mol. The molecule has 19 heavy (non-hydrogen) atoms. The molecular formula is C17H22O2. The van der Waals surface area contributed by atoms with Gasteiger partial charge in [-0.1, -0.05) is 24.3 Å². The van der Waals surface area contributed by atoms with Crippen LogP contribution in [0, 0.1) is 5.92 Å². The number of fused-ring (bicyclic) bond motifs is 2. The van der Waals surface area contributed by atoms with Crippen molar-refractivity contribution >= 4 is 5.97 Å². The zero-order chi connectivity index (χ0) is 13.3. The fourth-order valence-electron chi connectivity index (χ4n) is 4.04. The molecule has 0 aliphatic heterocycles. The van der Waals surface area contributed by atoms with Gasteiger partial charge in [-0.25, -0.2) is 0 Å². The molecule has 0 heterocycles. The lowest BCUT2D eigenvalue weighted by Crippen LogP contribution is -2.30. The van der Waals surface area contributed by atoms with Crippen LogP contribution in [-0.2, 0) is 21.4 Å². The molecule has 1 spiro atoms. The van der Waals surface area contributed by atoms with Crippen LogP contribution >= 0.6 is 0 Å². The van der Waals surface area contributed by atoms with E-state index in [2.05, 4.69) is 24.3 Å². The van der Waals surface area contributed by atoms with E-state index < -0.39 is 0 Å². The first-order valence-corrected chi connectivity index (χ1v) is 7.39. The Morgan fingerprint density at radius 2 is 2.00 bits per heavy atom. The standard InChI is InChI=1S/C17H22O2/c1-19-16(18)12-13-6-9-17(10-7-13)11-8-14-4-2-3-5-15(14)17/h2-5,13H,6-12H2,1H3. The van der Waals surface area contributed by atoms with Crippen molar-refractivity contribution < 1.29 is 9.53 Å². The summed E-state index contributed by atoms with van der Waals surface area (Å²) in [5.74, 6) is 0.485. The van der Waals surface area contributed by atoms with Crippen LogP contribution in [0.5, 0.6) is 0 Å². The van der Waals surface area contributed by atoms with Crippen molar-refractivity contribution in [3.05, 3.63) is 35.4 Å². The molecule has 1 aromatic rings. The first kappa shape index (κ1) is 12.7. The predicted molar refractivity (Wildman–Crippen MR) is 75.0 cm³/mol. The molecular weight excluding hydrogens is 236 g/mol. The number of esters is 1. The molecule has 0 radical (unpaired) electrons. The molecule has 3 rings (SSSR count). The second kappa shape index (κ2) is 4.99. The van der Waals surface area contributed by atoms with Crippen molar-refractivity contribution in [1.29, 1.82) is 0 Å². The summed E-state index contributed by atoms with van der Waals surface area (Å²) in [6.45, 7) is 0. The molecule has 0 N–H and O–H groups in total. The van der Waals surface area contributed by atoms with E-state index in [9.17, 15) is 4.79 Å². The summed E-state index contributed by atoms with van der Waals surface area (Å²) >= 11 is 0. The Hall–Kier alpha value is -1.31. The summed E-state index contributed by atoms with van der Waals surface area (Å²) in [6.07, 6.45) is 7.97. The van der Waals surface area contributed by atoms with Gasteiger partial charge in [0.05, 0.1) is 7.11 Å². The van der Waals surface area contributed by atoms with Gasteiger partial charge < -0.3 is 4.74 Å². The zero-order valence-corrected chi connectivity index (χ0v) is 11.7. The second-order valence-corrected chi connectivity index (χ2v) is 6.16. The summed E-state index contributed by atoms with van der Waals surface area (Å²) in [5.41, 5.74) is 3.56. The maximum atomic E-state index is 11.4. The van der Waals surface area contributed by atoms with Crippen LogP contribution in [0.25, 0.3) is 0 Å². The van der Waals surface area contributed by atoms with E-state index in [1.165, 1.54) is 45.6 Å². The summed E-state index contributed by atoms with van der Waals surface area (Å²) in [5, 5.41) is 0. The van der Waals surface area contributed by atoms with Crippen LogP contribution in [0.4, 0.5) is 0 Å². The number of benzene rings is 1. The van der Waals surface area contributed by atoms with Crippen LogP contribution in [-0.4, -0.2) is 13.1 Å². The quantitative estimate of drug-likeness (QED) is 0.757. The first-order chi connectivity index (χ1) is 9.23. The van der Waals surface area contributed by atoms with E-state index in [0.717, 1.165) is 0 Å². The van der Waals surface area contributed by atoms with Gasteiger partial charge in [-0.2, -0.15) is 0 Å². The van der Waals surface area contributed by atoms with Gasteiger partial charge in [-0.3, -0.25) is 4.79 Å². The Kier molecular flexibility index (Phi) is 3.34. The van der Waals surface area contributed by atoms with E-state index in [1.807, 2.05) is 0 Å². The topological polar surface area (TPSA) is 26.3 Å². The van der Waals surface area contributed by atoms with Crippen LogP contribution in [0.1, 0.15) is 49.7 Å². The first-order valence-electron chi connectivity index (χ1n) is 7.39. The smallest absolute Gasteiger partial charge is 0.305 e. The lowest BCUT2D eigenvalue weighted by atomic mass is 9.67. The minimum absolute atomic E-state index is 0.0484. The highest BCUT2D eigenvalue weighted by molar-refractivity contribution is 5.69. The third-order valence-electron chi connectivity index (χ3n) is 5.21. The van der Waals surface area contributed by atoms with Crippen molar-refractivity contribution in [1.82, 2.24) is 0 Å². The summed E-state index contributed by atoms with van der Waals surface area (Å²) in [7, 11) is 1.49. The minimum Gasteiger partial charge on any atom is -0.469 e. The van der Waals surface area contributed by atoms with Gasteiger partial charge in [0.25, 0.3) is 0 Å². The van der Waals surface area contributed by atoms with E-state index >= 15 is 0 Å².